The monoisotopic (exact) mass is 287 g/mol. The Morgan fingerprint density at radius 3 is 2.71 bits per heavy atom. The van der Waals surface area contributed by atoms with Crippen LogP contribution in [0.1, 0.15) is 45.6 Å². The molecule has 0 aliphatic rings. The quantitative estimate of drug-likeness (QED) is 0.797. The summed E-state index contributed by atoms with van der Waals surface area (Å²) in [5, 5.41) is 11.8. The van der Waals surface area contributed by atoms with Crippen molar-refractivity contribution < 1.29 is 4.79 Å². The van der Waals surface area contributed by atoms with Gasteiger partial charge >= 0.3 is 0 Å². The molecule has 4 nitrogen and oxygen atoms in total. The molecule has 0 saturated heterocycles. The zero-order valence-corrected chi connectivity index (χ0v) is 13.2. The van der Waals surface area contributed by atoms with Crippen molar-refractivity contribution in [3.63, 3.8) is 0 Å². The number of amides is 1. The first-order valence-electron chi connectivity index (χ1n) is 7.65. The predicted molar refractivity (Wildman–Crippen MR) is 86.0 cm³/mol. The van der Waals surface area contributed by atoms with Gasteiger partial charge in [0.15, 0.2) is 0 Å². The molecule has 1 N–H and O–H groups in total. The van der Waals surface area contributed by atoms with Gasteiger partial charge in [-0.2, -0.15) is 5.26 Å². The summed E-state index contributed by atoms with van der Waals surface area (Å²) in [4.78, 5) is 14.3. The lowest BCUT2D eigenvalue weighted by molar-refractivity contribution is -0.116. The predicted octanol–water partition coefficient (Wildman–Crippen LogP) is 3.40. The van der Waals surface area contributed by atoms with Gasteiger partial charge in [-0.15, -0.1) is 0 Å². The van der Waals surface area contributed by atoms with Gasteiger partial charge in [0.05, 0.1) is 11.3 Å². The molecule has 114 valence electrons. The molecular weight excluding hydrogens is 262 g/mol. The van der Waals surface area contributed by atoms with Crippen LogP contribution in [0.3, 0.4) is 0 Å². The number of nitrogens with zero attached hydrogens (tertiary/aromatic N) is 2. The van der Waals surface area contributed by atoms with Crippen LogP contribution in [0.15, 0.2) is 24.3 Å². The second-order valence-corrected chi connectivity index (χ2v) is 5.19. The number of hydrogen-bond donors (Lipinski definition) is 1. The topological polar surface area (TPSA) is 56.1 Å². The number of carbonyl (C=O) groups excluding carboxylic acids is 1. The smallest absolute Gasteiger partial charge is 0.224 e. The zero-order valence-electron chi connectivity index (χ0n) is 13.2. The molecule has 0 aromatic heterocycles. The summed E-state index contributed by atoms with van der Waals surface area (Å²) >= 11 is 0. The molecule has 1 aromatic rings. The molecule has 1 unspecified atom stereocenters. The molecular formula is C17H25N3O. The molecule has 0 saturated carbocycles. The number of hydrogen-bond acceptors (Lipinski definition) is 3. The van der Waals surface area contributed by atoms with Crippen LogP contribution < -0.4 is 5.32 Å². The largest absolute Gasteiger partial charge is 0.325 e. The maximum atomic E-state index is 12.0. The summed E-state index contributed by atoms with van der Waals surface area (Å²) < 4.78 is 0. The van der Waals surface area contributed by atoms with Crippen molar-refractivity contribution in [1.82, 2.24) is 4.90 Å². The van der Waals surface area contributed by atoms with Gasteiger partial charge in [0.1, 0.15) is 6.07 Å². The van der Waals surface area contributed by atoms with E-state index < -0.39 is 0 Å². The Morgan fingerprint density at radius 1 is 1.38 bits per heavy atom. The number of anilines is 1. The van der Waals surface area contributed by atoms with E-state index in [4.69, 9.17) is 5.26 Å². The Labute approximate surface area is 127 Å². The van der Waals surface area contributed by atoms with Crippen molar-refractivity contribution in [2.45, 2.75) is 46.1 Å². The maximum Gasteiger partial charge on any atom is 0.224 e. The van der Waals surface area contributed by atoms with Gasteiger partial charge < -0.3 is 10.2 Å². The summed E-state index contributed by atoms with van der Waals surface area (Å²) in [6, 6.07) is 9.71. The van der Waals surface area contributed by atoms with Crippen molar-refractivity contribution >= 4 is 11.6 Å². The number of benzene rings is 1. The van der Waals surface area contributed by atoms with Crippen LogP contribution >= 0.6 is 0 Å². The van der Waals surface area contributed by atoms with Crippen LogP contribution in [0, 0.1) is 11.3 Å². The maximum absolute atomic E-state index is 12.0. The van der Waals surface area contributed by atoms with Gasteiger partial charge in [0, 0.05) is 12.5 Å². The normalized spacial score (nSPS) is 12.0. The molecule has 1 amide bonds. The molecule has 21 heavy (non-hydrogen) atoms. The van der Waals surface area contributed by atoms with Crippen LogP contribution in [0.2, 0.25) is 0 Å². The lowest BCUT2D eigenvalue weighted by Gasteiger charge is -2.26. The first-order chi connectivity index (χ1) is 10.1. The highest BCUT2D eigenvalue weighted by Crippen LogP contribution is 2.14. The first kappa shape index (κ1) is 17.2. The standard InChI is InChI=1S/C17H25N3O/c1-4-14(3)20(5-2)12-8-11-17(21)19-16-10-7-6-9-15(16)13-18/h6-7,9-10,14H,4-5,8,11-12H2,1-3H3,(H,19,21). The Balaban J connectivity index is 2.43. The third-order valence-electron chi connectivity index (χ3n) is 3.79. The zero-order chi connectivity index (χ0) is 15.7. The second kappa shape index (κ2) is 9.15. The van der Waals surface area contributed by atoms with E-state index in [9.17, 15) is 4.79 Å². The third kappa shape index (κ3) is 5.57. The van der Waals surface area contributed by atoms with Crippen molar-refractivity contribution in [3.05, 3.63) is 29.8 Å². The van der Waals surface area contributed by atoms with Gasteiger partial charge in [0.25, 0.3) is 0 Å². The molecule has 0 heterocycles. The van der Waals surface area contributed by atoms with Gasteiger partial charge in [-0.3, -0.25) is 4.79 Å². The van der Waals surface area contributed by atoms with Crippen LogP contribution in [-0.4, -0.2) is 29.9 Å². The summed E-state index contributed by atoms with van der Waals surface area (Å²) in [5.74, 6) is -0.0297. The highest BCUT2D eigenvalue weighted by Gasteiger charge is 2.11. The lowest BCUT2D eigenvalue weighted by Crippen LogP contribution is -2.33. The van der Waals surface area contributed by atoms with Gasteiger partial charge in [-0.05, 0) is 45.0 Å². The fourth-order valence-corrected chi connectivity index (χ4v) is 2.29. The van der Waals surface area contributed by atoms with E-state index in [2.05, 4.69) is 37.1 Å². The highest BCUT2D eigenvalue weighted by atomic mass is 16.1. The summed E-state index contributed by atoms with van der Waals surface area (Å²) in [6.07, 6.45) is 2.43. The van der Waals surface area contributed by atoms with Crippen LogP contribution in [0.4, 0.5) is 5.69 Å². The van der Waals surface area contributed by atoms with E-state index in [1.54, 1.807) is 18.2 Å². The Kier molecular flexibility index (Phi) is 7.49. The fraction of sp³-hybridized carbons (Fsp3) is 0.529. The van der Waals surface area contributed by atoms with E-state index in [0.717, 1.165) is 25.9 Å². The number of para-hydroxylation sites is 1. The first-order valence-corrected chi connectivity index (χ1v) is 7.65. The van der Waals surface area contributed by atoms with E-state index in [0.29, 0.717) is 23.7 Å². The Hall–Kier alpha value is -1.86. The summed E-state index contributed by atoms with van der Waals surface area (Å²) in [7, 11) is 0. The molecule has 0 aliphatic heterocycles. The van der Waals surface area contributed by atoms with Crippen molar-refractivity contribution in [2.75, 3.05) is 18.4 Å². The molecule has 4 heteroatoms. The van der Waals surface area contributed by atoms with Gasteiger partial charge in [0.2, 0.25) is 5.91 Å². The summed E-state index contributed by atoms with van der Waals surface area (Å²) in [6.45, 7) is 8.48. The van der Waals surface area contributed by atoms with Crippen LogP contribution in [0.5, 0.6) is 0 Å². The fourth-order valence-electron chi connectivity index (χ4n) is 2.29. The average molecular weight is 287 g/mol. The van der Waals surface area contributed by atoms with Gasteiger partial charge in [-0.1, -0.05) is 26.0 Å². The van der Waals surface area contributed by atoms with E-state index in [1.807, 2.05) is 6.07 Å². The number of nitriles is 1. The minimum atomic E-state index is -0.0297. The molecule has 1 aromatic carbocycles. The van der Waals surface area contributed by atoms with E-state index >= 15 is 0 Å². The SMILES string of the molecule is CCC(C)N(CC)CCCC(=O)Nc1ccccc1C#N. The average Bonchev–Trinajstić information content (AvgIpc) is 2.51. The molecule has 0 fully saturated rings. The Bertz CT molecular complexity index is 493. The number of carbonyl (C=O) groups is 1. The lowest BCUT2D eigenvalue weighted by atomic mass is 10.1. The van der Waals surface area contributed by atoms with E-state index in [1.165, 1.54) is 0 Å². The van der Waals surface area contributed by atoms with Crippen LogP contribution in [0.25, 0.3) is 0 Å². The number of nitrogens with one attached hydrogen (secondary N) is 1. The Morgan fingerprint density at radius 2 is 2.10 bits per heavy atom. The molecule has 0 radical (unpaired) electrons. The molecule has 0 bridgehead atoms. The van der Waals surface area contributed by atoms with Crippen molar-refractivity contribution in [2.24, 2.45) is 0 Å². The molecule has 0 spiro atoms. The van der Waals surface area contributed by atoms with Crippen LogP contribution in [-0.2, 0) is 4.79 Å². The van der Waals surface area contributed by atoms with Crippen molar-refractivity contribution in [1.29, 1.82) is 5.26 Å². The van der Waals surface area contributed by atoms with E-state index in [-0.39, 0.29) is 5.91 Å². The summed E-state index contributed by atoms with van der Waals surface area (Å²) in [5.41, 5.74) is 1.10. The number of rotatable bonds is 8. The minimum Gasteiger partial charge on any atom is -0.325 e. The highest BCUT2D eigenvalue weighted by molar-refractivity contribution is 5.92. The van der Waals surface area contributed by atoms with Crippen molar-refractivity contribution in [3.8, 4) is 6.07 Å². The second-order valence-electron chi connectivity index (χ2n) is 5.19. The third-order valence-corrected chi connectivity index (χ3v) is 3.79. The molecule has 1 rings (SSSR count). The minimum absolute atomic E-state index is 0.0297. The molecule has 1 atom stereocenters. The van der Waals surface area contributed by atoms with Gasteiger partial charge in [-0.25, -0.2) is 0 Å². The molecule has 0 aliphatic carbocycles.